The van der Waals surface area contributed by atoms with Crippen LogP contribution in [0.3, 0.4) is 0 Å². The molecule has 24 heavy (non-hydrogen) atoms. The molecule has 1 rings (SSSR count). The fourth-order valence-corrected chi connectivity index (χ4v) is 3.03. The van der Waals surface area contributed by atoms with Crippen LogP contribution in [0.1, 0.15) is 19.4 Å². The average Bonchev–Trinajstić information content (AvgIpc) is 2.54. The summed E-state index contributed by atoms with van der Waals surface area (Å²) in [7, 11) is -0.485. The number of hydrogen-bond donors (Lipinski definition) is 0. The van der Waals surface area contributed by atoms with E-state index in [-0.39, 0.29) is 19.0 Å². The molecule has 1 amide bonds. The number of methoxy groups -OCH3 is 2. The molecule has 0 radical (unpaired) electrons. The van der Waals surface area contributed by atoms with E-state index >= 15 is 0 Å². The molecular formula is C16H26N2O5S. The second-order valence-electron chi connectivity index (χ2n) is 5.29. The van der Waals surface area contributed by atoms with Crippen molar-refractivity contribution < 1.29 is 22.7 Å². The lowest BCUT2D eigenvalue weighted by Crippen LogP contribution is -2.42. The maximum atomic E-state index is 12.3. The van der Waals surface area contributed by atoms with Gasteiger partial charge in [0.2, 0.25) is 15.9 Å². The maximum absolute atomic E-state index is 12.3. The van der Waals surface area contributed by atoms with Gasteiger partial charge in [-0.15, -0.1) is 0 Å². The van der Waals surface area contributed by atoms with Gasteiger partial charge < -0.3 is 14.4 Å². The molecule has 0 saturated carbocycles. The van der Waals surface area contributed by atoms with Gasteiger partial charge in [0.25, 0.3) is 0 Å². The zero-order valence-electron chi connectivity index (χ0n) is 14.9. The summed E-state index contributed by atoms with van der Waals surface area (Å²) in [5.41, 5.74) is 0.713. The summed E-state index contributed by atoms with van der Waals surface area (Å²) < 4.78 is 35.7. The lowest BCUT2D eigenvalue weighted by molar-refractivity contribution is -0.131. The van der Waals surface area contributed by atoms with Gasteiger partial charge in [0.05, 0.1) is 27.0 Å². The summed E-state index contributed by atoms with van der Waals surface area (Å²) in [6.07, 6.45) is 1.10. The van der Waals surface area contributed by atoms with Crippen molar-refractivity contribution in [1.29, 1.82) is 0 Å². The van der Waals surface area contributed by atoms with Gasteiger partial charge >= 0.3 is 0 Å². The van der Waals surface area contributed by atoms with Crippen LogP contribution in [0.2, 0.25) is 0 Å². The van der Waals surface area contributed by atoms with Crippen LogP contribution in [-0.4, -0.2) is 63.6 Å². The van der Waals surface area contributed by atoms with Gasteiger partial charge in [-0.3, -0.25) is 4.79 Å². The van der Waals surface area contributed by atoms with Crippen molar-refractivity contribution in [2.75, 3.05) is 40.1 Å². The van der Waals surface area contributed by atoms with Crippen LogP contribution in [0.5, 0.6) is 11.5 Å². The number of nitrogens with zero attached hydrogens (tertiary/aromatic N) is 2. The molecule has 0 aliphatic heterocycles. The average molecular weight is 358 g/mol. The second kappa shape index (κ2) is 8.89. The van der Waals surface area contributed by atoms with Crippen LogP contribution < -0.4 is 9.47 Å². The number of rotatable bonds is 9. The maximum Gasteiger partial charge on any atom is 0.237 e. The summed E-state index contributed by atoms with van der Waals surface area (Å²) in [6.45, 7) is 4.72. The highest BCUT2D eigenvalue weighted by molar-refractivity contribution is 7.88. The van der Waals surface area contributed by atoms with E-state index in [1.807, 2.05) is 13.8 Å². The van der Waals surface area contributed by atoms with Crippen molar-refractivity contribution in [3.8, 4) is 11.5 Å². The Hall–Kier alpha value is -1.80. The molecule has 1 aromatic rings. The van der Waals surface area contributed by atoms with Crippen LogP contribution in [0.15, 0.2) is 18.2 Å². The summed E-state index contributed by atoms with van der Waals surface area (Å²) in [5.74, 6) is 0.857. The molecule has 0 saturated heterocycles. The number of carbonyl (C=O) groups excluding carboxylic acids is 1. The molecule has 0 N–H and O–H groups in total. The Labute approximate surface area is 144 Å². The first kappa shape index (κ1) is 20.2. The highest BCUT2D eigenvalue weighted by Gasteiger charge is 2.23. The number of carbonyl (C=O) groups is 1. The Morgan fingerprint density at radius 1 is 1.08 bits per heavy atom. The third-order valence-corrected chi connectivity index (χ3v) is 4.90. The van der Waals surface area contributed by atoms with E-state index in [0.717, 1.165) is 10.6 Å². The zero-order valence-corrected chi connectivity index (χ0v) is 15.7. The van der Waals surface area contributed by atoms with Gasteiger partial charge in [0.15, 0.2) is 11.5 Å². The molecule has 0 aliphatic carbocycles. The van der Waals surface area contributed by atoms with E-state index in [9.17, 15) is 13.2 Å². The molecule has 7 nitrogen and oxygen atoms in total. The van der Waals surface area contributed by atoms with Crippen molar-refractivity contribution in [3.63, 3.8) is 0 Å². The minimum Gasteiger partial charge on any atom is -0.493 e. The summed E-state index contributed by atoms with van der Waals surface area (Å²) in [4.78, 5) is 13.9. The molecule has 0 heterocycles. The van der Waals surface area contributed by atoms with E-state index < -0.39 is 10.0 Å². The molecule has 0 aromatic heterocycles. The predicted octanol–water partition coefficient (Wildman–Crippen LogP) is 1.33. The number of benzene rings is 1. The number of hydrogen-bond acceptors (Lipinski definition) is 5. The van der Waals surface area contributed by atoms with Gasteiger partial charge in [-0.05, 0) is 31.5 Å². The highest BCUT2D eigenvalue weighted by atomic mass is 32.2. The quantitative estimate of drug-likeness (QED) is 0.666. The monoisotopic (exact) mass is 358 g/mol. The summed E-state index contributed by atoms with van der Waals surface area (Å²) >= 11 is 0. The standard InChI is InChI=1S/C16H26N2O5S/c1-6-17(7-2)16(19)12-18(24(5,20)21)11-13-8-9-14(22-3)15(10-13)23-4/h8-10H,6-7,11-12H2,1-5H3. The van der Waals surface area contributed by atoms with Crippen molar-refractivity contribution in [2.45, 2.75) is 20.4 Å². The van der Waals surface area contributed by atoms with Crippen molar-refractivity contribution in [1.82, 2.24) is 9.21 Å². The molecule has 136 valence electrons. The Balaban J connectivity index is 3.01. The van der Waals surface area contributed by atoms with Crippen LogP contribution in [0.25, 0.3) is 0 Å². The van der Waals surface area contributed by atoms with E-state index in [0.29, 0.717) is 30.2 Å². The Morgan fingerprint density at radius 3 is 2.12 bits per heavy atom. The van der Waals surface area contributed by atoms with E-state index in [4.69, 9.17) is 9.47 Å². The topological polar surface area (TPSA) is 76.2 Å². The first-order chi connectivity index (χ1) is 11.3. The molecule has 0 spiro atoms. The van der Waals surface area contributed by atoms with Gasteiger partial charge in [0, 0.05) is 19.6 Å². The molecule has 0 fully saturated rings. The fraction of sp³-hybridized carbons (Fsp3) is 0.562. The third kappa shape index (κ3) is 5.38. The van der Waals surface area contributed by atoms with E-state index in [2.05, 4.69) is 0 Å². The molecule has 0 aliphatic rings. The van der Waals surface area contributed by atoms with Gasteiger partial charge in [-0.25, -0.2) is 8.42 Å². The van der Waals surface area contributed by atoms with Gasteiger partial charge in [-0.1, -0.05) is 6.07 Å². The first-order valence-corrected chi connectivity index (χ1v) is 9.55. The van der Waals surface area contributed by atoms with Crippen LogP contribution >= 0.6 is 0 Å². The third-order valence-electron chi connectivity index (χ3n) is 3.70. The Bertz CT molecular complexity index is 656. The predicted molar refractivity (Wildman–Crippen MR) is 92.7 cm³/mol. The lowest BCUT2D eigenvalue weighted by Gasteiger charge is -2.24. The lowest BCUT2D eigenvalue weighted by atomic mass is 10.2. The molecule has 8 heteroatoms. The normalized spacial score (nSPS) is 11.4. The smallest absolute Gasteiger partial charge is 0.237 e. The van der Waals surface area contributed by atoms with E-state index in [1.165, 1.54) is 14.2 Å². The number of sulfonamides is 1. The van der Waals surface area contributed by atoms with Crippen molar-refractivity contribution >= 4 is 15.9 Å². The number of amides is 1. The SMILES string of the molecule is CCN(CC)C(=O)CN(Cc1ccc(OC)c(OC)c1)S(C)(=O)=O. The van der Waals surface area contributed by atoms with Crippen LogP contribution in [0, 0.1) is 0 Å². The summed E-state index contributed by atoms with van der Waals surface area (Å²) in [5, 5.41) is 0. The van der Waals surface area contributed by atoms with Crippen molar-refractivity contribution in [3.05, 3.63) is 23.8 Å². The minimum absolute atomic E-state index is 0.0895. The number of likely N-dealkylation sites (N-methyl/N-ethyl adjacent to an activating group) is 1. The molecular weight excluding hydrogens is 332 g/mol. The zero-order chi connectivity index (χ0) is 18.3. The number of ether oxygens (including phenoxy) is 2. The summed E-state index contributed by atoms with van der Waals surface area (Å²) in [6, 6.07) is 5.17. The Morgan fingerprint density at radius 2 is 1.67 bits per heavy atom. The van der Waals surface area contributed by atoms with Crippen LogP contribution in [0.4, 0.5) is 0 Å². The highest BCUT2D eigenvalue weighted by Crippen LogP contribution is 2.28. The Kier molecular flexibility index (Phi) is 7.50. The molecule has 1 aromatic carbocycles. The molecule has 0 bridgehead atoms. The van der Waals surface area contributed by atoms with Gasteiger partial charge in [-0.2, -0.15) is 4.31 Å². The minimum atomic E-state index is -3.53. The second-order valence-corrected chi connectivity index (χ2v) is 7.27. The van der Waals surface area contributed by atoms with Crippen LogP contribution in [-0.2, 0) is 21.4 Å². The molecule has 0 unspecified atom stereocenters. The van der Waals surface area contributed by atoms with E-state index in [1.54, 1.807) is 23.1 Å². The first-order valence-electron chi connectivity index (χ1n) is 7.70. The largest absolute Gasteiger partial charge is 0.493 e. The van der Waals surface area contributed by atoms with Gasteiger partial charge in [0.1, 0.15) is 0 Å². The van der Waals surface area contributed by atoms with Crippen molar-refractivity contribution in [2.24, 2.45) is 0 Å². The molecule has 0 atom stereocenters. The fourth-order valence-electron chi connectivity index (χ4n) is 2.30.